The summed E-state index contributed by atoms with van der Waals surface area (Å²) in [5.41, 5.74) is 2.22. The van der Waals surface area contributed by atoms with Gasteiger partial charge in [0.25, 0.3) is 0 Å². The third-order valence-electron chi connectivity index (χ3n) is 3.52. The second kappa shape index (κ2) is 8.07. The van der Waals surface area contributed by atoms with Crippen molar-refractivity contribution in [3.8, 4) is 5.75 Å². The fourth-order valence-corrected chi connectivity index (χ4v) is 3.05. The summed E-state index contributed by atoms with van der Waals surface area (Å²) in [6.07, 6.45) is 0.745. The van der Waals surface area contributed by atoms with E-state index < -0.39 is 0 Å². The molecule has 0 aliphatic carbocycles. The maximum absolute atomic E-state index is 12.2. The Morgan fingerprint density at radius 2 is 2.00 bits per heavy atom. The highest BCUT2D eigenvalue weighted by Crippen LogP contribution is 2.23. The number of ether oxygens (including phenoxy) is 1. The van der Waals surface area contributed by atoms with Crippen LogP contribution in [0.25, 0.3) is 11.1 Å². The van der Waals surface area contributed by atoms with Gasteiger partial charge in [-0.1, -0.05) is 6.92 Å². The highest BCUT2D eigenvalue weighted by atomic mass is 32.2. The van der Waals surface area contributed by atoms with Gasteiger partial charge < -0.3 is 14.5 Å². The van der Waals surface area contributed by atoms with Crippen molar-refractivity contribution in [2.45, 2.75) is 25.2 Å². The third kappa shape index (κ3) is 4.54. The number of anilines is 1. The van der Waals surface area contributed by atoms with Crippen LogP contribution >= 0.6 is 11.8 Å². The maximum Gasteiger partial charge on any atom is 0.234 e. The Morgan fingerprint density at radius 1 is 1.20 bits per heavy atom. The fraction of sp³-hybridized carbons (Fsp3) is 0.263. The molecule has 25 heavy (non-hydrogen) atoms. The van der Waals surface area contributed by atoms with E-state index in [2.05, 4.69) is 10.3 Å². The first-order chi connectivity index (χ1) is 12.2. The Hall–Kier alpha value is -2.47. The van der Waals surface area contributed by atoms with Gasteiger partial charge in [-0.25, -0.2) is 4.98 Å². The molecule has 0 atom stereocenters. The second-order valence-corrected chi connectivity index (χ2v) is 6.43. The molecule has 0 saturated heterocycles. The highest BCUT2D eigenvalue weighted by Gasteiger charge is 2.08. The van der Waals surface area contributed by atoms with Gasteiger partial charge in [0, 0.05) is 17.0 Å². The van der Waals surface area contributed by atoms with Crippen LogP contribution in [0.5, 0.6) is 5.75 Å². The SMILES string of the molecule is CCOc1ccc(SCC(=O)Nc2ccc3oc(CC)nc3c2)cc1. The minimum Gasteiger partial charge on any atom is -0.494 e. The summed E-state index contributed by atoms with van der Waals surface area (Å²) < 4.78 is 11.0. The highest BCUT2D eigenvalue weighted by molar-refractivity contribution is 8.00. The van der Waals surface area contributed by atoms with Crippen LogP contribution < -0.4 is 10.1 Å². The van der Waals surface area contributed by atoms with Crippen molar-refractivity contribution in [2.75, 3.05) is 17.7 Å². The van der Waals surface area contributed by atoms with Gasteiger partial charge in [-0.2, -0.15) is 0 Å². The number of hydrogen-bond donors (Lipinski definition) is 1. The molecule has 0 saturated carbocycles. The van der Waals surface area contributed by atoms with E-state index in [1.165, 1.54) is 11.8 Å². The number of benzene rings is 2. The molecule has 3 aromatic rings. The average Bonchev–Trinajstić information content (AvgIpc) is 3.04. The van der Waals surface area contributed by atoms with E-state index in [1.807, 2.05) is 56.3 Å². The van der Waals surface area contributed by atoms with Crippen LogP contribution in [-0.2, 0) is 11.2 Å². The lowest BCUT2D eigenvalue weighted by atomic mass is 10.3. The summed E-state index contributed by atoms with van der Waals surface area (Å²) in [6, 6.07) is 13.2. The van der Waals surface area contributed by atoms with Crippen molar-refractivity contribution in [1.29, 1.82) is 0 Å². The molecule has 0 aliphatic heterocycles. The number of nitrogens with zero attached hydrogens (tertiary/aromatic N) is 1. The number of carbonyl (C=O) groups is 1. The van der Waals surface area contributed by atoms with Crippen LogP contribution in [0.4, 0.5) is 5.69 Å². The first-order valence-corrected chi connectivity index (χ1v) is 9.21. The van der Waals surface area contributed by atoms with E-state index in [-0.39, 0.29) is 5.91 Å². The van der Waals surface area contributed by atoms with E-state index in [0.29, 0.717) is 18.3 Å². The number of fused-ring (bicyclic) bond motifs is 1. The molecule has 2 aromatic carbocycles. The topological polar surface area (TPSA) is 64.4 Å². The smallest absolute Gasteiger partial charge is 0.234 e. The number of thioether (sulfide) groups is 1. The Kier molecular flexibility index (Phi) is 5.60. The quantitative estimate of drug-likeness (QED) is 0.631. The van der Waals surface area contributed by atoms with Crippen LogP contribution in [0.1, 0.15) is 19.7 Å². The van der Waals surface area contributed by atoms with E-state index in [4.69, 9.17) is 9.15 Å². The van der Waals surface area contributed by atoms with Gasteiger partial charge in [0.2, 0.25) is 5.91 Å². The molecule has 0 fully saturated rings. The molecule has 1 amide bonds. The van der Waals surface area contributed by atoms with E-state index in [9.17, 15) is 4.79 Å². The molecule has 1 N–H and O–H groups in total. The first kappa shape index (κ1) is 17.4. The molecule has 0 aliphatic rings. The summed E-state index contributed by atoms with van der Waals surface area (Å²) in [4.78, 5) is 17.6. The molecule has 3 rings (SSSR count). The van der Waals surface area contributed by atoms with Crippen molar-refractivity contribution in [3.05, 3.63) is 48.4 Å². The largest absolute Gasteiger partial charge is 0.494 e. The second-order valence-electron chi connectivity index (χ2n) is 5.38. The summed E-state index contributed by atoms with van der Waals surface area (Å²) in [7, 11) is 0. The van der Waals surface area contributed by atoms with Crippen LogP contribution in [0.3, 0.4) is 0 Å². The van der Waals surface area contributed by atoms with Gasteiger partial charge in [-0.05, 0) is 49.4 Å². The van der Waals surface area contributed by atoms with Gasteiger partial charge in [-0.3, -0.25) is 4.79 Å². The number of aryl methyl sites for hydroxylation is 1. The molecule has 130 valence electrons. The minimum absolute atomic E-state index is 0.0579. The summed E-state index contributed by atoms with van der Waals surface area (Å²) in [5.74, 6) is 1.82. The van der Waals surface area contributed by atoms with Crippen LogP contribution in [-0.4, -0.2) is 23.3 Å². The van der Waals surface area contributed by atoms with Gasteiger partial charge in [0.1, 0.15) is 11.3 Å². The van der Waals surface area contributed by atoms with Gasteiger partial charge >= 0.3 is 0 Å². The zero-order chi connectivity index (χ0) is 17.6. The Balaban J connectivity index is 1.56. The van der Waals surface area contributed by atoms with Crippen molar-refractivity contribution in [3.63, 3.8) is 0 Å². The molecule has 0 bridgehead atoms. The number of amides is 1. The normalized spacial score (nSPS) is 10.8. The van der Waals surface area contributed by atoms with E-state index in [0.717, 1.165) is 33.9 Å². The molecule has 1 aromatic heterocycles. The predicted molar refractivity (Wildman–Crippen MR) is 100 cm³/mol. The molecule has 6 heteroatoms. The van der Waals surface area contributed by atoms with Crippen molar-refractivity contribution < 1.29 is 13.9 Å². The number of nitrogens with one attached hydrogen (secondary N) is 1. The zero-order valence-electron chi connectivity index (χ0n) is 14.2. The molecule has 0 spiro atoms. The summed E-state index contributed by atoms with van der Waals surface area (Å²) in [6.45, 7) is 4.59. The van der Waals surface area contributed by atoms with Crippen LogP contribution in [0, 0.1) is 0 Å². The number of oxazole rings is 1. The zero-order valence-corrected chi connectivity index (χ0v) is 15.1. The number of carbonyl (C=O) groups excluding carboxylic acids is 1. The minimum atomic E-state index is -0.0579. The predicted octanol–water partition coefficient (Wildman–Crippen LogP) is 4.52. The van der Waals surface area contributed by atoms with Gasteiger partial charge in [0.05, 0.1) is 12.4 Å². The van der Waals surface area contributed by atoms with Crippen LogP contribution in [0.15, 0.2) is 51.8 Å². The Labute approximate surface area is 150 Å². The average molecular weight is 356 g/mol. The molecule has 1 heterocycles. The van der Waals surface area contributed by atoms with E-state index >= 15 is 0 Å². The van der Waals surface area contributed by atoms with Crippen LogP contribution in [0.2, 0.25) is 0 Å². The standard InChI is InChI=1S/C19H20N2O3S/c1-3-19-21-16-11-13(5-10-17(16)24-19)20-18(22)12-25-15-8-6-14(7-9-15)23-4-2/h5-11H,3-4,12H2,1-2H3,(H,20,22). The number of aromatic nitrogens is 1. The molecule has 0 unspecified atom stereocenters. The summed E-state index contributed by atoms with van der Waals surface area (Å²) >= 11 is 1.48. The Bertz CT molecular complexity index is 859. The molecular weight excluding hydrogens is 336 g/mol. The number of rotatable bonds is 7. The monoisotopic (exact) mass is 356 g/mol. The lowest BCUT2D eigenvalue weighted by molar-refractivity contribution is -0.113. The molecular formula is C19H20N2O3S. The van der Waals surface area contributed by atoms with Crippen molar-refractivity contribution >= 4 is 34.5 Å². The maximum atomic E-state index is 12.2. The molecule has 5 nitrogen and oxygen atoms in total. The molecule has 0 radical (unpaired) electrons. The van der Waals surface area contributed by atoms with Crippen molar-refractivity contribution in [2.24, 2.45) is 0 Å². The summed E-state index contributed by atoms with van der Waals surface area (Å²) in [5, 5.41) is 2.90. The lowest BCUT2D eigenvalue weighted by Crippen LogP contribution is -2.13. The fourth-order valence-electron chi connectivity index (χ4n) is 2.35. The third-order valence-corrected chi connectivity index (χ3v) is 4.53. The van der Waals surface area contributed by atoms with E-state index in [1.54, 1.807) is 0 Å². The first-order valence-electron chi connectivity index (χ1n) is 8.23. The Morgan fingerprint density at radius 3 is 2.72 bits per heavy atom. The van der Waals surface area contributed by atoms with Gasteiger partial charge in [0.15, 0.2) is 11.5 Å². The van der Waals surface area contributed by atoms with Crippen molar-refractivity contribution in [1.82, 2.24) is 4.98 Å². The van der Waals surface area contributed by atoms with Gasteiger partial charge in [-0.15, -0.1) is 11.8 Å². The lowest BCUT2D eigenvalue weighted by Gasteiger charge is -2.06. The number of hydrogen-bond acceptors (Lipinski definition) is 5.